The Labute approximate surface area is 153 Å². The van der Waals surface area contributed by atoms with E-state index < -0.39 is 0 Å². The Balaban J connectivity index is 1.80. The van der Waals surface area contributed by atoms with Crippen LogP contribution in [0, 0.1) is 0 Å². The molecule has 1 aliphatic rings. The number of fused-ring (bicyclic) bond motifs is 1. The van der Waals surface area contributed by atoms with Gasteiger partial charge in [0.05, 0.1) is 18.6 Å². The van der Waals surface area contributed by atoms with Gasteiger partial charge in [-0.1, -0.05) is 84.9 Å². The topological polar surface area (TPSA) is 40.5 Å². The summed E-state index contributed by atoms with van der Waals surface area (Å²) < 4.78 is 0. The Hall–Kier alpha value is -2.91. The summed E-state index contributed by atoms with van der Waals surface area (Å²) in [5.74, 6) is -0.295. The van der Waals surface area contributed by atoms with E-state index in [0.29, 0.717) is 6.54 Å². The molecule has 0 saturated heterocycles. The second-order valence-electron chi connectivity index (χ2n) is 6.62. The van der Waals surface area contributed by atoms with Crippen LogP contribution >= 0.6 is 0 Å². The molecule has 0 aliphatic carbocycles. The van der Waals surface area contributed by atoms with Gasteiger partial charge in [-0.2, -0.15) is 0 Å². The van der Waals surface area contributed by atoms with Crippen LogP contribution in [-0.2, 0) is 11.3 Å². The fourth-order valence-electron chi connectivity index (χ4n) is 3.81. The van der Waals surface area contributed by atoms with Gasteiger partial charge in [0.2, 0.25) is 5.91 Å². The van der Waals surface area contributed by atoms with Crippen molar-refractivity contribution in [2.24, 2.45) is 0 Å². The fraction of sp³-hybridized carbons (Fsp3) is 0.174. The molecular formula is C23H21NO2. The Kier molecular flexibility index (Phi) is 4.55. The van der Waals surface area contributed by atoms with Gasteiger partial charge in [-0.3, -0.25) is 4.79 Å². The van der Waals surface area contributed by atoms with Crippen molar-refractivity contribution in [1.82, 2.24) is 4.90 Å². The number of nitrogens with zero attached hydrogens (tertiary/aromatic N) is 1. The highest BCUT2D eigenvalue weighted by molar-refractivity contribution is 5.89. The summed E-state index contributed by atoms with van der Waals surface area (Å²) in [5, 5.41) is 10.1. The lowest BCUT2D eigenvalue weighted by Crippen LogP contribution is -2.43. The van der Waals surface area contributed by atoms with Crippen LogP contribution < -0.4 is 0 Å². The molecule has 1 aliphatic heterocycles. The minimum atomic E-state index is -0.344. The quantitative estimate of drug-likeness (QED) is 0.781. The number of aliphatic hydroxyl groups excluding tert-OH is 1. The number of hydrogen-bond acceptors (Lipinski definition) is 2. The average Bonchev–Trinajstić information content (AvgIpc) is 2.70. The molecule has 3 nitrogen and oxygen atoms in total. The Bertz CT molecular complexity index is 892. The summed E-state index contributed by atoms with van der Waals surface area (Å²) in [6, 6.07) is 27.4. The van der Waals surface area contributed by atoms with Gasteiger partial charge in [-0.05, 0) is 22.3 Å². The van der Waals surface area contributed by atoms with Crippen LogP contribution in [0.1, 0.15) is 34.2 Å². The molecule has 3 aromatic rings. The fourth-order valence-corrected chi connectivity index (χ4v) is 3.81. The molecule has 0 bridgehead atoms. The van der Waals surface area contributed by atoms with E-state index in [4.69, 9.17) is 0 Å². The maximum atomic E-state index is 13.5. The van der Waals surface area contributed by atoms with Crippen LogP contribution in [-0.4, -0.2) is 22.5 Å². The molecule has 0 spiro atoms. The first-order valence-corrected chi connectivity index (χ1v) is 8.88. The van der Waals surface area contributed by atoms with E-state index in [2.05, 4.69) is 6.07 Å². The van der Waals surface area contributed by atoms with E-state index in [1.165, 1.54) is 0 Å². The molecule has 0 fully saturated rings. The van der Waals surface area contributed by atoms with Crippen molar-refractivity contribution in [1.29, 1.82) is 0 Å². The Morgan fingerprint density at radius 3 is 2.19 bits per heavy atom. The zero-order valence-electron chi connectivity index (χ0n) is 14.5. The van der Waals surface area contributed by atoms with E-state index in [9.17, 15) is 9.90 Å². The molecule has 130 valence electrons. The molecule has 4 rings (SSSR count). The van der Waals surface area contributed by atoms with E-state index in [1.54, 1.807) is 0 Å². The highest BCUT2D eigenvalue weighted by atomic mass is 16.3. The number of amides is 1. The number of benzene rings is 3. The Morgan fingerprint density at radius 1 is 0.885 bits per heavy atom. The summed E-state index contributed by atoms with van der Waals surface area (Å²) in [7, 11) is 0. The molecule has 3 aromatic carbocycles. The highest BCUT2D eigenvalue weighted by Gasteiger charge is 2.37. The highest BCUT2D eigenvalue weighted by Crippen LogP contribution is 2.38. The van der Waals surface area contributed by atoms with Gasteiger partial charge in [0.15, 0.2) is 0 Å². The molecule has 0 radical (unpaired) electrons. The zero-order valence-corrected chi connectivity index (χ0v) is 14.5. The second-order valence-corrected chi connectivity index (χ2v) is 6.62. The van der Waals surface area contributed by atoms with Crippen LogP contribution in [0.4, 0.5) is 0 Å². The van der Waals surface area contributed by atoms with Gasteiger partial charge in [0.1, 0.15) is 0 Å². The van der Waals surface area contributed by atoms with Crippen molar-refractivity contribution in [3.63, 3.8) is 0 Å². The lowest BCUT2D eigenvalue weighted by molar-refractivity contribution is -0.137. The van der Waals surface area contributed by atoms with Gasteiger partial charge in [-0.25, -0.2) is 0 Å². The lowest BCUT2D eigenvalue weighted by Gasteiger charge is -2.39. The molecular weight excluding hydrogens is 322 g/mol. The number of carbonyl (C=O) groups is 1. The monoisotopic (exact) mass is 343 g/mol. The maximum Gasteiger partial charge on any atom is 0.235 e. The van der Waals surface area contributed by atoms with Crippen LogP contribution in [0.5, 0.6) is 0 Å². The SMILES string of the molecule is O=C1C(c2ccccc2)c2ccccc2CN1[C@@H](CO)c1ccccc1. The van der Waals surface area contributed by atoms with Gasteiger partial charge < -0.3 is 10.0 Å². The van der Waals surface area contributed by atoms with E-state index in [0.717, 1.165) is 22.3 Å². The number of hydrogen-bond donors (Lipinski definition) is 1. The molecule has 2 atom stereocenters. The first-order chi connectivity index (χ1) is 12.8. The molecule has 1 N–H and O–H groups in total. The molecule has 0 aromatic heterocycles. The number of carbonyl (C=O) groups excluding carboxylic acids is 1. The molecule has 0 saturated carbocycles. The van der Waals surface area contributed by atoms with Crippen molar-refractivity contribution in [2.45, 2.75) is 18.5 Å². The van der Waals surface area contributed by atoms with Crippen molar-refractivity contribution in [3.05, 3.63) is 107 Å². The van der Waals surface area contributed by atoms with Gasteiger partial charge >= 0.3 is 0 Å². The summed E-state index contributed by atoms with van der Waals surface area (Å²) in [5.41, 5.74) is 4.13. The van der Waals surface area contributed by atoms with Gasteiger partial charge in [0.25, 0.3) is 0 Å². The van der Waals surface area contributed by atoms with Crippen LogP contribution in [0.2, 0.25) is 0 Å². The van der Waals surface area contributed by atoms with Crippen molar-refractivity contribution >= 4 is 5.91 Å². The maximum absolute atomic E-state index is 13.5. The molecule has 1 heterocycles. The number of rotatable bonds is 4. The molecule has 1 amide bonds. The third-order valence-corrected chi connectivity index (χ3v) is 5.10. The standard InChI is InChI=1S/C23H21NO2/c25-16-21(17-9-3-1-4-10-17)24-15-19-13-7-8-14-20(19)22(23(24)26)18-11-5-2-6-12-18/h1-14,21-22,25H,15-16H2/t21-,22?/m0/s1. The Morgan fingerprint density at radius 2 is 1.50 bits per heavy atom. The van der Waals surface area contributed by atoms with E-state index in [1.807, 2.05) is 83.8 Å². The smallest absolute Gasteiger partial charge is 0.235 e. The summed E-state index contributed by atoms with van der Waals surface area (Å²) in [6.07, 6.45) is 0. The normalized spacial score (nSPS) is 17.7. The van der Waals surface area contributed by atoms with Crippen molar-refractivity contribution < 1.29 is 9.90 Å². The van der Waals surface area contributed by atoms with Gasteiger partial charge in [-0.15, -0.1) is 0 Å². The minimum Gasteiger partial charge on any atom is -0.394 e. The van der Waals surface area contributed by atoms with E-state index in [-0.39, 0.29) is 24.5 Å². The summed E-state index contributed by atoms with van der Waals surface area (Å²) in [4.78, 5) is 15.3. The first-order valence-electron chi connectivity index (χ1n) is 8.88. The largest absolute Gasteiger partial charge is 0.394 e. The van der Waals surface area contributed by atoms with Crippen LogP contribution in [0.15, 0.2) is 84.9 Å². The second kappa shape index (κ2) is 7.14. The number of aliphatic hydroxyl groups is 1. The molecule has 3 heteroatoms. The summed E-state index contributed by atoms with van der Waals surface area (Å²) >= 11 is 0. The van der Waals surface area contributed by atoms with Crippen molar-refractivity contribution in [3.8, 4) is 0 Å². The lowest BCUT2D eigenvalue weighted by atomic mass is 9.83. The van der Waals surface area contributed by atoms with Crippen LogP contribution in [0.3, 0.4) is 0 Å². The van der Waals surface area contributed by atoms with Crippen molar-refractivity contribution in [2.75, 3.05) is 6.61 Å². The summed E-state index contributed by atoms with van der Waals surface area (Å²) in [6.45, 7) is 0.415. The van der Waals surface area contributed by atoms with E-state index >= 15 is 0 Å². The zero-order chi connectivity index (χ0) is 17.9. The first kappa shape index (κ1) is 16.6. The molecule has 26 heavy (non-hydrogen) atoms. The average molecular weight is 343 g/mol. The third kappa shape index (κ3) is 2.91. The molecule has 1 unspecified atom stereocenters. The third-order valence-electron chi connectivity index (χ3n) is 5.10. The minimum absolute atomic E-state index is 0.0396. The predicted octanol–water partition coefficient (Wildman–Crippen LogP) is 3.89. The van der Waals surface area contributed by atoms with Crippen LogP contribution in [0.25, 0.3) is 0 Å². The predicted molar refractivity (Wildman–Crippen MR) is 102 cm³/mol. The van der Waals surface area contributed by atoms with Gasteiger partial charge in [0, 0.05) is 6.54 Å².